The molecule has 1 aromatic carbocycles. The minimum atomic E-state index is -0.464. The zero-order valence-corrected chi connectivity index (χ0v) is 15.4. The normalized spacial score (nSPS) is 24.7. The molecular formula is C20H28N2O3. The second kappa shape index (κ2) is 7.16. The topological polar surface area (TPSA) is 58.6 Å². The molecule has 3 rings (SSSR count). The van der Waals surface area contributed by atoms with Crippen molar-refractivity contribution < 1.29 is 14.3 Å². The molecule has 1 spiro atoms. The van der Waals surface area contributed by atoms with E-state index in [4.69, 9.17) is 4.74 Å². The van der Waals surface area contributed by atoms with Gasteiger partial charge in [-0.05, 0) is 29.9 Å². The summed E-state index contributed by atoms with van der Waals surface area (Å²) in [5.74, 6) is -0.0458. The fraction of sp³-hybridized carbons (Fsp3) is 0.600. The van der Waals surface area contributed by atoms with E-state index >= 15 is 0 Å². The van der Waals surface area contributed by atoms with Gasteiger partial charge in [0.15, 0.2) is 0 Å². The van der Waals surface area contributed by atoms with Crippen molar-refractivity contribution in [2.75, 3.05) is 19.7 Å². The Morgan fingerprint density at radius 1 is 1.36 bits per heavy atom. The fourth-order valence-corrected chi connectivity index (χ4v) is 4.04. The van der Waals surface area contributed by atoms with Crippen molar-refractivity contribution in [1.82, 2.24) is 10.2 Å². The Kier molecular flexibility index (Phi) is 5.13. The number of hydrogen-bond acceptors (Lipinski definition) is 3. The van der Waals surface area contributed by atoms with Crippen molar-refractivity contribution >= 4 is 11.8 Å². The first kappa shape index (κ1) is 17.9. The maximum atomic E-state index is 13.1. The van der Waals surface area contributed by atoms with Crippen LogP contribution in [0, 0.1) is 5.92 Å². The van der Waals surface area contributed by atoms with Crippen LogP contribution in [0.2, 0.25) is 0 Å². The third-order valence-electron chi connectivity index (χ3n) is 5.64. The number of hydrogen-bond donors (Lipinski definition) is 1. The van der Waals surface area contributed by atoms with Crippen molar-refractivity contribution in [2.24, 2.45) is 5.92 Å². The number of morpholine rings is 1. The quantitative estimate of drug-likeness (QED) is 0.911. The predicted molar refractivity (Wildman–Crippen MR) is 96.0 cm³/mol. The summed E-state index contributed by atoms with van der Waals surface area (Å²) in [6, 6.07) is 7.90. The SMILES string of the molecule is CC[C@H](C)[C@H](NC(C)=O)C(=O)N1CCOC2(CCc3ccccc32)C1. The lowest BCUT2D eigenvalue weighted by atomic mass is 9.92. The summed E-state index contributed by atoms with van der Waals surface area (Å²) in [7, 11) is 0. The molecule has 0 radical (unpaired) electrons. The van der Waals surface area contributed by atoms with E-state index in [0.29, 0.717) is 19.7 Å². The summed E-state index contributed by atoms with van der Waals surface area (Å²) in [6.07, 6.45) is 2.73. The Bertz CT molecular complexity index is 656. The predicted octanol–water partition coefficient (Wildman–Crippen LogP) is 2.24. The van der Waals surface area contributed by atoms with Gasteiger partial charge < -0.3 is 15.0 Å². The maximum Gasteiger partial charge on any atom is 0.245 e. The third-order valence-corrected chi connectivity index (χ3v) is 5.64. The summed E-state index contributed by atoms with van der Waals surface area (Å²) in [4.78, 5) is 26.6. The van der Waals surface area contributed by atoms with Gasteiger partial charge >= 0.3 is 0 Å². The number of carbonyl (C=O) groups is 2. The number of nitrogens with one attached hydrogen (secondary N) is 1. The molecular weight excluding hydrogens is 316 g/mol. The molecule has 1 saturated heterocycles. The van der Waals surface area contributed by atoms with Crippen LogP contribution < -0.4 is 5.32 Å². The molecule has 3 atom stereocenters. The molecule has 136 valence electrons. The first-order valence-electron chi connectivity index (χ1n) is 9.25. The number of rotatable bonds is 4. The standard InChI is InChI=1S/C20H28N2O3/c1-4-14(2)18(21-15(3)23)19(24)22-11-12-25-20(13-22)10-9-16-7-5-6-8-17(16)20/h5-8,14,18H,4,9-13H2,1-3H3,(H,21,23)/t14-,18-,20?/m0/s1. The number of nitrogens with zero attached hydrogens (tertiary/aromatic N) is 1. The number of amides is 2. The molecule has 5 nitrogen and oxygen atoms in total. The van der Waals surface area contributed by atoms with Gasteiger partial charge in [-0.2, -0.15) is 0 Å². The molecule has 25 heavy (non-hydrogen) atoms. The van der Waals surface area contributed by atoms with Gasteiger partial charge in [0.25, 0.3) is 0 Å². The van der Waals surface area contributed by atoms with E-state index < -0.39 is 6.04 Å². The largest absolute Gasteiger partial charge is 0.367 e. The lowest BCUT2D eigenvalue weighted by Crippen LogP contribution is -2.57. The van der Waals surface area contributed by atoms with E-state index in [1.54, 1.807) is 0 Å². The molecule has 0 aromatic heterocycles. The van der Waals surface area contributed by atoms with E-state index in [2.05, 4.69) is 23.5 Å². The summed E-state index contributed by atoms with van der Waals surface area (Å²) >= 11 is 0. The molecule has 1 heterocycles. The first-order valence-corrected chi connectivity index (χ1v) is 9.25. The van der Waals surface area contributed by atoms with Crippen molar-refractivity contribution in [3.63, 3.8) is 0 Å². The minimum absolute atomic E-state index is 0.0107. The van der Waals surface area contributed by atoms with Gasteiger partial charge in [0.1, 0.15) is 11.6 Å². The van der Waals surface area contributed by atoms with Crippen LogP contribution in [0.25, 0.3) is 0 Å². The van der Waals surface area contributed by atoms with Gasteiger partial charge in [0, 0.05) is 13.5 Å². The zero-order chi connectivity index (χ0) is 18.0. The molecule has 2 aliphatic rings. The van der Waals surface area contributed by atoms with Crippen molar-refractivity contribution in [3.05, 3.63) is 35.4 Å². The van der Waals surface area contributed by atoms with Crippen molar-refractivity contribution in [3.8, 4) is 0 Å². The van der Waals surface area contributed by atoms with Crippen molar-refractivity contribution in [1.29, 1.82) is 0 Å². The van der Waals surface area contributed by atoms with Gasteiger partial charge in [-0.15, -0.1) is 0 Å². The van der Waals surface area contributed by atoms with Gasteiger partial charge in [-0.25, -0.2) is 0 Å². The molecule has 1 aromatic rings. The zero-order valence-electron chi connectivity index (χ0n) is 15.4. The molecule has 1 fully saturated rings. The Hall–Kier alpha value is -1.88. The highest BCUT2D eigenvalue weighted by molar-refractivity contribution is 5.87. The lowest BCUT2D eigenvalue weighted by Gasteiger charge is -2.42. The Balaban J connectivity index is 1.81. The van der Waals surface area contributed by atoms with Crippen LogP contribution in [-0.4, -0.2) is 42.5 Å². The number of ether oxygens (including phenoxy) is 1. The van der Waals surface area contributed by atoms with E-state index in [-0.39, 0.29) is 23.3 Å². The molecule has 2 amide bonds. The number of carbonyl (C=O) groups excluding carboxylic acids is 2. The average molecular weight is 344 g/mol. The highest BCUT2D eigenvalue weighted by Gasteiger charge is 2.45. The monoisotopic (exact) mass is 344 g/mol. The highest BCUT2D eigenvalue weighted by atomic mass is 16.5. The summed E-state index contributed by atoms with van der Waals surface area (Å²) in [5.41, 5.74) is 2.14. The van der Waals surface area contributed by atoms with E-state index in [1.165, 1.54) is 18.1 Å². The highest BCUT2D eigenvalue weighted by Crippen LogP contribution is 2.42. The third kappa shape index (κ3) is 3.43. The van der Waals surface area contributed by atoms with Crippen LogP contribution in [-0.2, 0) is 26.3 Å². The maximum absolute atomic E-state index is 13.1. The Labute approximate surface area is 149 Å². The van der Waals surface area contributed by atoms with E-state index in [0.717, 1.165) is 19.3 Å². The molecule has 1 aliphatic heterocycles. The summed E-state index contributed by atoms with van der Waals surface area (Å²) in [6.45, 7) is 7.20. The summed E-state index contributed by atoms with van der Waals surface area (Å²) in [5, 5.41) is 2.85. The van der Waals surface area contributed by atoms with E-state index in [9.17, 15) is 9.59 Å². The smallest absolute Gasteiger partial charge is 0.245 e. The molecule has 1 aliphatic carbocycles. The molecule has 0 bridgehead atoms. The lowest BCUT2D eigenvalue weighted by molar-refractivity contribution is -0.156. The second-order valence-corrected chi connectivity index (χ2v) is 7.32. The van der Waals surface area contributed by atoms with E-state index in [1.807, 2.05) is 24.8 Å². The molecule has 0 saturated carbocycles. The van der Waals surface area contributed by atoms with Gasteiger partial charge in [0.05, 0.1) is 13.2 Å². The van der Waals surface area contributed by atoms with Crippen LogP contribution in [0.4, 0.5) is 0 Å². The Morgan fingerprint density at radius 3 is 2.84 bits per heavy atom. The minimum Gasteiger partial charge on any atom is -0.367 e. The van der Waals surface area contributed by atoms with Crippen LogP contribution in [0.1, 0.15) is 44.7 Å². The second-order valence-electron chi connectivity index (χ2n) is 7.32. The first-order chi connectivity index (χ1) is 12.0. The molecule has 1 N–H and O–H groups in total. The Morgan fingerprint density at radius 2 is 2.12 bits per heavy atom. The molecule has 1 unspecified atom stereocenters. The molecule has 5 heteroatoms. The van der Waals surface area contributed by atoms with Gasteiger partial charge in [-0.1, -0.05) is 44.5 Å². The number of aryl methyl sites for hydroxylation is 1. The van der Waals surface area contributed by atoms with Crippen LogP contribution in [0.15, 0.2) is 24.3 Å². The van der Waals surface area contributed by atoms with Crippen LogP contribution in [0.3, 0.4) is 0 Å². The van der Waals surface area contributed by atoms with Crippen LogP contribution >= 0.6 is 0 Å². The number of fused-ring (bicyclic) bond motifs is 2. The number of benzene rings is 1. The van der Waals surface area contributed by atoms with Crippen LogP contribution in [0.5, 0.6) is 0 Å². The average Bonchev–Trinajstić information content (AvgIpc) is 2.97. The van der Waals surface area contributed by atoms with Gasteiger partial charge in [-0.3, -0.25) is 9.59 Å². The van der Waals surface area contributed by atoms with Crippen molar-refractivity contribution in [2.45, 2.75) is 51.7 Å². The van der Waals surface area contributed by atoms with Gasteiger partial charge in [0.2, 0.25) is 11.8 Å². The fourth-order valence-electron chi connectivity index (χ4n) is 4.04. The summed E-state index contributed by atoms with van der Waals surface area (Å²) < 4.78 is 6.20.